The van der Waals surface area contributed by atoms with Gasteiger partial charge < -0.3 is 10.4 Å². The van der Waals surface area contributed by atoms with E-state index in [1.54, 1.807) is 36.4 Å². The van der Waals surface area contributed by atoms with Crippen LogP contribution in [0.15, 0.2) is 41.4 Å². The number of carbonyl (C=O) groups excluding carboxylic acids is 2. The molecular weight excluding hydrogens is 302 g/mol. The molecule has 0 saturated heterocycles. The number of benzene rings is 2. The maximum Gasteiger partial charge on any atom is 0.315 e. The van der Waals surface area contributed by atoms with Gasteiger partial charge in [0.25, 0.3) is 0 Å². The van der Waals surface area contributed by atoms with Crippen molar-refractivity contribution in [1.82, 2.24) is 5.32 Å². The number of amidine groups is 1. The molecule has 0 saturated carbocycles. The van der Waals surface area contributed by atoms with Gasteiger partial charge in [-0.25, -0.2) is 0 Å². The highest BCUT2D eigenvalue weighted by Crippen LogP contribution is 2.29. The van der Waals surface area contributed by atoms with Crippen molar-refractivity contribution in [3.8, 4) is 5.75 Å². The molecule has 2 amide bonds. The van der Waals surface area contributed by atoms with E-state index in [2.05, 4.69) is 15.6 Å². The summed E-state index contributed by atoms with van der Waals surface area (Å²) in [7, 11) is 0. The first kappa shape index (κ1) is 14.4. The van der Waals surface area contributed by atoms with Crippen LogP contribution in [0.25, 0.3) is 10.8 Å². The van der Waals surface area contributed by atoms with Crippen LogP contribution in [0, 0.1) is 0 Å². The smallest absolute Gasteiger partial charge is 0.315 e. The van der Waals surface area contributed by atoms with Crippen LogP contribution in [0.2, 0.25) is 0 Å². The Kier molecular flexibility index (Phi) is 3.97. The lowest BCUT2D eigenvalue weighted by Gasteiger charge is -2.09. The largest absolute Gasteiger partial charge is 0.507 e. The van der Waals surface area contributed by atoms with Crippen molar-refractivity contribution in [3.63, 3.8) is 0 Å². The van der Waals surface area contributed by atoms with Gasteiger partial charge in [0.2, 0.25) is 0 Å². The van der Waals surface area contributed by atoms with Gasteiger partial charge in [-0.15, -0.1) is 0 Å². The molecule has 3 rings (SSSR count). The lowest BCUT2D eigenvalue weighted by Crippen LogP contribution is -2.37. The number of phenolic OH excluding ortho intramolecular Hbond substituents is 1. The lowest BCUT2D eigenvalue weighted by molar-refractivity contribution is -0.135. The minimum absolute atomic E-state index is 0.120. The van der Waals surface area contributed by atoms with Gasteiger partial charge in [0.1, 0.15) is 5.75 Å². The molecule has 2 aromatic rings. The molecule has 1 aliphatic rings. The second-order valence-corrected chi connectivity index (χ2v) is 5.71. The zero-order valence-corrected chi connectivity index (χ0v) is 12.3. The second-order valence-electron chi connectivity index (χ2n) is 4.62. The molecule has 0 bridgehead atoms. The number of phenols is 1. The number of carbonyl (C=O) groups is 2. The number of hydrogen-bond acceptors (Lipinski definition) is 5. The third kappa shape index (κ3) is 2.89. The normalized spacial score (nSPS) is 13.7. The van der Waals surface area contributed by atoms with Crippen molar-refractivity contribution in [3.05, 3.63) is 36.4 Å². The first-order valence-electron chi connectivity index (χ1n) is 6.65. The van der Waals surface area contributed by atoms with Crippen LogP contribution in [-0.2, 0) is 9.59 Å². The van der Waals surface area contributed by atoms with E-state index in [4.69, 9.17) is 0 Å². The molecule has 6 nitrogen and oxygen atoms in total. The molecule has 112 valence electrons. The Morgan fingerprint density at radius 1 is 1.05 bits per heavy atom. The van der Waals surface area contributed by atoms with Crippen molar-refractivity contribution in [2.75, 3.05) is 17.6 Å². The number of nitrogens with one attached hydrogen (secondary N) is 2. The summed E-state index contributed by atoms with van der Waals surface area (Å²) in [4.78, 5) is 27.9. The van der Waals surface area contributed by atoms with E-state index in [0.717, 1.165) is 5.75 Å². The molecule has 0 radical (unpaired) electrons. The fourth-order valence-electron chi connectivity index (χ4n) is 2.15. The maximum atomic E-state index is 12.0. The Morgan fingerprint density at radius 3 is 2.55 bits per heavy atom. The predicted octanol–water partition coefficient (Wildman–Crippen LogP) is 1.70. The van der Waals surface area contributed by atoms with E-state index >= 15 is 0 Å². The fourth-order valence-corrected chi connectivity index (χ4v) is 2.87. The standard InChI is InChI=1S/C15H13N3O3S/c19-12-6-2-3-9-10(12)4-1-5-11(9)17-13(20)14(21)18-15-16-7-8-22-15/h1-6,19H,7-8H2,(H,17,20)(H,16,18,21). The van der Waals surface area contributed by atoms with Crippen LogP contribution in [0.3, 0.4) is 0 Å². The SMILES string of the molecule is O=C(NC1=NCCS1)C(=O)Nc1cccc2c(O)cccc12. The molecule has 1 aliphatic heterocycles. The van der Waals surface area contributed by atoms with Crippen molar-refractivity contribution in [2.45, 2.75) is 0 Å². The summed E-state index contributed by atoms with van der Waals surface area (Å²) in [5, 5.41) is 16.6. The summed E-state index contributed by atoms with van der Waals surface area (Å²) in [5.41, 5.74) is 0.467. The Balaban J connectivity index is 1.79. The second kappa shape index (κ2) is 6.07. The highest BCUT2D eigenvalue weighted by Gasteiger charge is 2.18. The van der Waals surface area contributed by atoms with Gasteiger partial charge in [0, 0.05) is 22.2 Å². The number of hydrogen-bond donors (Lipinski definition) is 3. The zero-order valence-electron chi connectivity index (χ0n) is 11.5. The number of amides is 2. The van der Waals surface area contributed by atoms with E-state index in [1.807, 2.05) is 0 Å². The third-order valence-electron chi connectivity index (χ3n) is 3.16. The molecule has 2 aromatic carbocycles. The first-order valence-corrected chi connectivity index (χ1v) is 7.64. The fraction of sp³-hybridized carbons (Fsp3) is 0.133. The Hall–Kier alpha value is -2.54. The summed E-state index contributed by atoms with van der Waals surface area (Å²) >= 11 is 1.40. The number of rotatable bonds is 1. The third-order valence-corrected chi connectivity index (χ3v) is 4.05. The van der Waals surface area contributed by atoms with Gasteiger partial charge in [-0.2, -0.15) is 0 Å². The monoisotopic (exact) mass is 315 g/mol. The van der Waals surface area contributed by atoms with Gasteiger partial charge in [-0.3, -0.25) is 19.9 Å². The van der Waals surface area contributed by atoms with Crippen LogP contribution < -0.4 is 10.6 Å². The number of aromatic hydroxyl groups is 1. The summed E-state index contributed by atoms with van der Waals surface area (Å²) in [6.07, 6.45) is 0. The number of fused-ring (bicyclic) bond motifs is 1. The highest BCUT2D eigenvalue weighted by atomic mass is 32.2. The predicted molar refractivity (Wildman–Crippen MR) is 87.1 cm³/mol. The number of nitrogens with zero attached hydrogens (tertiary/aromatic N) is 1. The van der Waals surface area contributed by atoms with E-state index in [-0.39, 0.29) is 5.75 Å². The Morgan fingerprint density at radius 2 is 1.77 bits per heavy atom. The molecule has 7 heteroatoms. The average molecular weight is 315 g/mol. The number of anilines is 1. The minimum Gasteiger partial charge on any atom is -0.507 e. The van der Waals surface area contributed by atoms with Gasteiger partial charge in [-0.1, -0.05) is 36.0 Å². The summed E-state index contributed by atoms with van der Waals surface area (Å²) in [6.45, 7) is 0.643. The van der Waals surface area contributed by atoms with E-state index in [9.17, 15) is 14.7 Å². The van der Waals surface area contributed by atoms with Crippen LogP contribution in [0.1, 0.15) is 0 Å². The molecule has 3 N–H and O–H groups in total. The molecule has 1 heterocycles. The molecule has 0 aromatic heterocycles. The molecular formula is C15H13N3O3S. The van der Waals surface area contributed by atoms with Crippen LogP contribution in [0.5, 0.6) is 5.75 Å². The number of aliphatic imine (C=N–C) groups is 1. The quantitative estimate of drug-likeness (QED) is 0.699. The van der Waals surface area contributed by atoms with E-state index in [0.29, 0.717) is 28.2 Å². The van der Waals surface area contributed by atoms with Gasteiger partial charge >= 0.3 is 11.8 Å². The van der Waals surface area contributed by atoms with Crippen molar-refractivity contribution >= 4 is 45.2 Å². The van der Waals surface area contributed by atoms with E-state index < -0.39 is 11.8 Å². The van der Waals surface area contributed by atoms with Crippen LogP contribution in [-0.4, -0.2) is 34.4 Å². The van der Waals surface area contributed by atoms with Gasteiger partial charge in [0.15, 0.2) is 5.17 Å². The van der Waals surface area contributed by atoms with E-state index in [1.165, 1.54) is 11.8 Å². The Bertz CT molecular complexity index is 789. The molecule has 22 heavy (non-hydrogen) atoms. The minimum atomic E-state index is -0.772. The summed E-state index contributed by atoms with van der Waals surface area (Å²) in [5.74, 6) is -0.606. The zero-order chi connectivity index (χ0) is 15.5. The van der Waals surface area contributed by atoms with Crippen molar-refractivity contribution in [1.29, 1.82) is 0 Å². The summed E-state index contributed by atoms with van der Waals surface area (Å²) in [6, 6.07) is 10.1. The average Bonchev–Trinajstić information content (AvgIpc) is 3.01. The molecule has 0 aliphatic carbocycles. The van der Waals surface area contributed by atoms with Gasteiger partial charge in [-0.05, 0) is 12.1 Å². The highest BCUT2D eigenvalue weighted by molar-refractivity contribution is 8.14. The molecule has 0 unspecified atom stereocenters. The first-order chi connectivity index (χ1) is 10.6. The molecule has 0 spiro atoms. The lowest BCUT2D eigenvalue weighted by atomic mass is 10.1. The van der Waals surface area contributed by atoms with Crippen LogP contribution in [0.4, 0.5) is 5.69 Å². The summed E-state index contributed by atoms with van der Waals surface area (Å²) < 4.78 is 0. The van der Waals surface area contributed by atoms with Gasteiger partial charge in [0.05, 0.1) is 6.54 Å². The number of thioether (sulfide) groups is 1. The molecule has 0 fully saturated rings. The van der Waals surface area contributed by atoms with Crippen molar-refractivity contribution in [2.24, 2.45) is 4.99 Å². The topological polar surface area (TPSA) is 90.8 Å². The van der Waals surface area contributed by atoms with Crippen molar-refractivity contribution < 1.29 is 14.7 Å². The van der Waals surface area contributed by atoms with Crippen LogP contribution >= 0.6 is 11.8 Å². The maximum absolute atomic E-state index is 12.0. The Labute approximate surface area is 130 Å². The molecule has 0 atom stereocenters.